The first-order chi connectivity index (χ1) is 15.4. The first kappa shape index (κ1) is 21.6. The van der Waals surface area contributed by atoms with Crippen LogP contribution in [0.25, 0.3) is 16.3 Å². The van der Waals surface area contributed by atoms with Gasteiger partial charge in [0.2, 0.25) is 0 Å². The van der Waals surface area contributed by atoms with Crippen LogP contribution in [0.1, 0.15) is 16.8 Å². The average molecular weight is 465 g/mol. The molecule has 0 saturated heterocycles. The lowest BCUT2D eigenvalue weighted by Gasteiger charge is -2.17. The molecule has 0 aliphatic carbocycles. The van der Waals surface area contributed by atoms with Gasteiger partial charge in [-0.3, -0.25) is 24.8 Å². The maximum absolute atomic E-state index is 13.2. The molecule has 7 nitrogen and oxygen atoms in total. The number of nitro benzene ring substituents is 1. The van der Waals surface area contributed by atoms with Crippen LogP contribution < -0.4 is 4.90 Å². The minimum atomic E-state index is -0.464. The van der Waals surface area contributed by atoms with Gasteiger partial charge in [0, 0.05) is 29.4 Å². The number of non-ortho nitro benzene ring substituents is 1. The molecule has 0 aliphatic rings. The second kappa shape index (κ2) is 9.25. The number of fused-ring (bicyclic) bond motifs is 1. The molecule has 2 aromatic heterocycles. The number of pyridine rings is 1. The van der Waals surface area contributed by atoms with Gasteiger partial charge in [-0.15, -0.1) is 0 Å². The number of nitrogens with zero attached hydrogens (tertiary/aromatic N) is 4. The van der Waals surface area contributed by atoms with Crippen LogP contribution >= 0.6 is 22.9 Å². The highest BCUT2D eigenvalue weighted by molar-refractivity contribution is 7.22. The molecule has 0 atom stereocenters. The van der Waals surface area contributed by atoms with E-state index in [1.54, 1.807) is 29.3 Å². The predicted octanol–water partition coefficient (Wildman–Crippen LogP) is 5.81. The molecule has 160 valence electrons. The number of hydrogen-bond donors (Lipinski definition) is 0. The fourth-order valence-electron chi connectivity index (χ4n) is 3.06. The van der Waals surface area contributed by atoms with E-state index in [2.05, 4.69) is 9.97 Å². The Hall–Kier alpha value is -3.62. The molecule has 0 spiro atoms. The Morgan fingerprint density at radius 2 is 1.97 bits per heavy atom. The summed E-state index contributed by atoms with van der Waals surface area (Å²) in [6.07, 6.45) is 4.72. The molecule has 4 aromatic rings. The summed E-state index contributed by atoms with van der Waals surface area (Å²) in [7, 11) is 0. The minimum absolute atomic E-state index is 0.00578. The molecule has 0 N–H and O–H groups in total. The zero-order valence-electron chi connectivity index (χ0n) is 16.9. The molecule has 4 rings (SSSR count). The van der Waals surface area contributed by atoms with Crippen molar-refractivity contribution in [3.05, 3.63) is 98.8 Å². The smallest absolute Gasteiger partial charge is 0.269 e. The number of carbonyl (C=O) groups is 1. The van der Waals surface area contributed by atoms with Crippen LogP contribution in [0, 0.1) is 17.0 Å². The number of anilines is 1. The third-order valence-corrected chi connectivity index (χ3v) is 6.26. The molecule has 0 fully saturated rings. The van der Waals surface area contributed by atoms with Crippen LogP contribution in [-0.4, -0.2) is 20.8 Å². The van der Waals surface area contributed by atoms with Crippen LogP contribution in [0.15, 0.2) is 66.9 Å². The highest BCUT2D eigenvalue weighted by Gasteiger charge is 2.20. The van der Waals surface area contributed by atoms with Crippen LogP contribution in [0.4, 0.5) is 10.8 Å². The van der Waals surface area contributed by atoms with E-state index in [1.165, 1.54) is 29.5 Å². The zero-order chi connectivity index (χ0) is 22.7. The van der Waals surface area contributed by atoms with Crippen molar-refractivity contribution >= 4 is 56.0 Å². The Kier molecular flexibility index (Phi) is 6.25. The number of benzene rings is 2. The number of amides is 1. The normalized spacial score (nSPS) is 11.2. The molecule has 0 saturated carbocycles. The number of hydrogen-bond acceptors (Lipinski definition) is 6. The Morgan fingerprint density at radius 3 is 2.66 bits per heavy atom. The lowest BCUT2D eigenvalue weighted by molar-refractivity contribution is -0.384. The third-order valence-electron chi connectivity index (χ3n) is 4.80. The number of carbonyl (C=O) groups excluding carboxylic acids is 1. The lowest BCUT2D eigenvalue weighted by atomic mass is 10.2. The number of aryl methyl sites for hydroxylation is 1. The standard InChI is InChI=1S/C23H17ClN4O3S/c1-15-19(24)10-11-20-22(15)26-23(32-20)27(14-17-4-2-3-13-25-17)21(29)12-7-16-5-8-18(9-6-16)28(30)31/h2-13H,14H2,1H3/b12-7+. The summed E-state index contributed by atoms with van der Waals surface area (Å²) in [6.45, 7) is 2.14. The highest BCUT2D eigenvalue weighted by atomic mass is 35.5. The number of rotatable bonds is 6. The third kappa shape index (κ3) is 4.66. The van der Waals surface area contributed by atoms with Gasteiger partial charge in [-0.1, -0.05) is 29.0 Å². The van der Waals surface area contributed by atoms with E-state index < -0.39 is 4.92 Å². The van der Waals surface area contributed by atoms with Gasteiger partial charge >= 0.3 is 0 Å². The average Bonchev–Trinajstić information content (AvgIpc) is 3.24. The Labute approximate surface area is 192 Å². The van der Waals surface area contributed by atoms with Gasteiger partial charge in [-0.2, -0.15) is 0 Å². The van der Waals surface area contributed by atoms with Gasteiger partial charge in [0.1, 0.15) is 0 Å². The van der Waals surface area contributed by atoms with E-state index in [0.29, 0.717) is 15.7 Å². The number of thiazole rings is 1. The molecular formula is C23H17ClN4O3S. The fourth-order valence-corrected chi connectivity index (χ4v) is 4.24. The van der Waals surface area contributed by atoms with Crippen LogP contribution in [0.2, 0.25) is 5.02 Å². The summed E-state index contributed by atoms with van der Waals surface area (Å²) >= 11 is 7.64. The Morgan fingerprint density at radius 1 is 1.19 bits per heavy atom. The van der Waals surface area contributed by atoms with Gasteiger partial charge < -0.3 is 0 Å². The van der Waals surface area contributed by atoms with Gasteiger partial charge in [0.05, 0.1) is 27.4 Å². The van der Waals surface area contributed by atoms with Crippen LogP contribution in [0.5, 0.6) is 0 Å². The van der Waals surface area contributed by atoms with Crippen molar-refractivity contribution in [3.63, 3.8) is 0 Å². The van der Waals surface area contributed by atoms with E-state index in [4.69, 9.17) is 11.6 Å². The molecular weight excluding hydrogens is 448 g/mol. The molecule has 1 amide bonds. The molecule has 2 aromatic carbocycles. The summed E-state index contributed by atoms with van der Waals surface area (Å²) in [4.78, 5) is 34.1. The molecule has 32 heavy (non-hydrogen) atoms. The summed E-state index contributed by atoms with van der Waals surface area (Å²) in [5.74, 6) is -0.281. The summed E-state index contributed by atoms with van der Waals surface area (Å²) in [5, 5.41) is 12.0. The number of nitro groups is 1. The van der Waals surface area contributed by atoms with Crippen molar-refractivity contribution in [1.29, 1.82) is 0 Å². The maximum atomic E-state index is 13.2. The quantitative estimate of drug-likeness (QED) is 0.204. The highest BCUT2D eigenvalue weighted by Crippen LogP contribution is 2.34. The van der Waals surface area contributed by atoms with E-state index in [-0.39, 0.29) is 18.1 Å². The van der Waals surface area contributed by atoms with Crippen molar-refractivity contribution in [2.45, 2.75) is 13.5 Å². The van der Waals surface area contributed by atoms with Crippen molar-refractivity contribution in [2.24, 2.45) is 0 Å². The van der Waals surface area contributed by atoms with E-state index >= 15 is 0 Å². The van der Waals surface area contributed by atoms with Gasteiger partial charge in [0.15, 0.2) is 5.13 Å². The molecule has 0 radical (unpaired) electrons. The largest absolute Gasteiger partial charge is 0.278 e. The zero-order valence-corrected chi connectivity index (χ0v) is 18.5. The van der Waals surface area contributed by atoms with Gasteiger partial charge in [-0.25, -0.2) is 4.98 Å². The van der Waals surface area contributed by atoms with Crippen molar-refractivity contribution in [1.82, 2.24) is 9.97 Å². The first-order valence-electron chi connectivity index (χ1n) is 9.62. The van der Waals surface area contributed by atoms with Crippen molar-refractivity contribution in [2.75, 3.05) is 4.90 Å². The predicted molar refractivity (Wildman–Crippen MR) is 127 cm³/mol. The molecule has 9 heteroatoms. The maximum Gasteiger partial charge on any atom is 0.269 e. The summed E-state index contributed by atoms with van der Waals surface area (Å²) in [5.41, 5.74) is 3.01. The Balaban J connectivity index is 1.66. The second-order valence-electron chi connectivity index (χ2n) is 6.94. The minimum Gasteiger partial charge on any atom is -0.278 e. The topological polar surface area (TPSA) is 89.2 Å². The Bertz CT molecular complexity index is 1320. The fraction of sp³-hybridized carbons (Fsp3) is 0.0870. The summed E-state index contributed by atoms with van der Waals surface area (Å²) in [6, 6.07) is 15.2. The number of halogens is 1. The second-order valence-corrected chi connectivity index (χ2v) is 8.36. The SMILES string of the molecule is Cc1c(Cl)ccc2sc(N(Cc3ccccn3)C(=O)/C=C/c3ccc([N+](=O)[O-])cc3)nc12. The van der Waals surface area contributed by atoms with E-state index in [9.17, 15) is 14.9 Å². The number of aromatic nitrogens is 2. The van der Waals surface area contributed by atoms with Crippen molar-refractivity contribution < 1.29 is 9.72 Å². The van der Waals surface area contributed by atoms with E-state index in [1.807, 2.05) is 37.3 Å². The van der Waals surface area contributed by atoms with Crippen molar-refractivity contribution in [3.8, 4) is 0 Å². The molecule has 0 bridgehead atoms. The monoisotopic (exact) mass is 464 g/mol. The van der Waals surface area contributed by atoms with Crippen LogP contribution in [0.3, 0.4) is 0 Å². The molecule has 0 aliphatic heterocycles. The molecule has 0 unspecified atom stereocenters. The first-order valence-corrected chi connectivity index (χ1v) is 10.8. The van der Waals surface area contributed by atoms with Gasteiger partial charge in [0.25, 0.3) is 11.6 Å². The van der Waals surface area contributed by atoms with Crippen LogP contribution in [-0.2, 0) is 11.3 Å². The van der Waals surface area contributed by atoms with E-state index in [0.717, 1.165) is 21.5 Å². The van der Waals surface area contributed by atoms with Gasteiger partial charge in [-0.05, 0) is 60.5 Å². The summed E-state index contributed by atoms with van der Waals surface area (Å²) < 4.78 is 0.931. The molecule has 2 heterocycles. The lowest BCUT2D eigenvalue weighted by Crippen LogP contribution is -2.29.